The Kier molecular flexibility index (Phi) is 6.24. The Hall–Kier alpha value is -3.16. The number of ether oxygens (including phenoxy) is 1. The standard InChI is InChI=1S/C23H23N3O3S/c1-23(2,3)16-8-9-17-18(12-25)21(30-19(17)10-16)26-20(27)13-29-22(28)15-6-4-14(11-24)5-7-15/h4-7,16H,8-10,13H2,1-3H3,(H,26,27)/t16-/m1/s1. The first-order valence-electron chi connectivity index (χ1n) is 9.74. The van der Waals surface area contributed by atoms with Crippen LogP contribution in [0.5, 0.6) is 0 Å². The number of benzene rings is 1. The molecule has 3 rings (SSSR count). The predicted octanol–water partition coefficient (Wildman–Crippen LogP) is 4.44. The van der Waals surface area contributed by atoms with Crippen LogP contribution in [-0.4, -0.2) is 18.5 Å². The molecule has 30 heavy (non-hydrogen) atoms. The van der Waals surface area contributed by atoms with Gasteiger partial charge in [-0.15, -0.1) is 11.3 Å². The Morgan fingerprint density at radius 3 is 2.50 bits per heavy atom. The van der Waals surface area contributed by atoms with E-state index in [0.29, 0.717) is 22.0 Å². The number of hydrogen-bond acceptors (Lipinski definition) is 6. The van der Waals surface area contributed by atoms with Gasteiger partial charge in [0, 0.05) is 4.88 Å². The molecule has 0 bridgehead atoms. The second-order valence-electron chi connectivity index (χ2n) is 8.44. The van der Waals surface area contributed by atoms with Crippen molar-refractivity contribution >= 4 is 28.2 Å². The maximum atomic E-state index is 12.3. The van der Waals surface area contributed by atoms with Crippen molar-refractivity contribution in [3.05, 3.63) is 51.4 Å². The zero-order valence-electron chi connectivity index (χ0n) is 17.2. The number of carbonyl (C=O) groups excluding carboxylic acids is 2. The van der Waals surface area contributed by atoms with Crippen LogP contribution in [0.3, 0.4) is 0 Å². The fourth-order valence-corrected chi connectivity index (χ4v) is 4.88. The van der Waals surface area contributed by atoms with Crippen molar-refractivity contribution in [3.8, 4) is 12.1 Å². The number of nitrogens with zero attached hydrogens (tertiary/aromatic N) is 2. The molecule has 0 saturated heterocycles. The van der Waals surface area contributed by atoms with Gasteiger partial charge in [-0.25, -0.2) is 4.79 Å². The van der Waals surface area contributed by atoms with Gasteiger partial charge in [-0.1, -0.05) is 20.8 Å². The molecule has 1 amide bonds. The van der Waals surface area contributed by atoms with E-state index in [-0.39, 0.29) is 11.0 Å². The molecule has 0 aliphatic heterocycles. The van der Waals surface area contributed by atoms with Crippen molar-refractivity contribution in [3.63, 3.8) is 0 Å². The van der Waals surface area contributed by atoms with Crippen molar-refractivity contribution < 1.29 is 14.3 Å². The first kappa shape index (κ1) is 21.5. The van der Waals surface area contributed by atoms with E-state index in [1.165, 1.54) is 35.6 Å². The van der Waals surface area contributed by atoms with Crippen LogP contribution >= 0.6 is 11.3 Å². The van der Waals surface area contributed by atoms with E-state index in [9.17, 15) is 14.9 Å². The van der Waals surface area contributed by atoms with E-state index in [2.05, 4.69) is 32.2 Å². The number of carbonyl (C=O) groups is 2. The summed E-state index contributed by atoms with van der Waals surface area (Å²) in [5, 5.41) is 21.7. The van der Waals surface area contributed by atoms with Gasteiger partial charge in [0.1, 0.15) is 11.1 Å². The first-order chi connectivity index (χ1) is 14.2. The fraction of sp³-hybridized carbons (Fsp3) is 0.391. The van der Waals surface area contributed by atoms with E-state index in [1.54, 1.807) is 0 Å². The molecule has 1 atom stereocenters. The van der Waals surface area contributed by atoms with E-state index in [0.717, 1.165) is 29.7 Å². The summed E-state index contributed by atoms with van der Waals surface area (Å²) in [5.74, 6) is -0.597. The quantitative estimate of drug-likeness (QED) is 0.735. The Labute approximate surface area is 180 Å². The highest BCUT2D eigenvalue weighted by Crippen LogP contribution is 2.43. The van der Waals surface area contributed by atoms with Crippen LogP contribution in [0.25, 0.3) is 0 Å². The van der Waals surface area contributed by atoms with E-state index < -0.39 is 18.5 Å². The Balaban J connectivity index is 1.64. The number of amides is 1. The molecule has 1 aliphatic rings. The maximum Gasteiger partial charge on any atom is 0.338 e. The van der Waals surface area contributed by atoms with Crippen molar-refractivity contribution in [1.29, 1.82) is 10.5 Å². The van der Waals surface area contributed by atoms with Gasteiger partial charge in [-0.2, -0.15) is 10.5 Å². The molecule has 0 unspecified atom stereocenters. The van der Waals surface area contributed by atoms with Crippen molar-refractivity contribution in [1.82, 2.24) is 0 Å². The summed E-state index contributed by atoms with van der Waals surface area (Å²) in [4.78, 5) is 25.6. The molecule has 1 aliphatic carbocycles. The summed E-state index contributed by atoms with van der Waals surface area (Å²) < 4.78 is 5.06. The van der Waals surface area contributed by atoms with Gasteiger partial charge in [0.05, 0.1) is 22.8 Å². The number of rotatable bonds is 4. The van der Waals surface area contributed by atoms with Crippen molar-refractivity contribution in [2.45, 2.75) is 40.0 Å². The minimum atomic E-state index is -0.645. The second-order valence-corrected chi connectivity index (χ2v) is 9.54. The molecule has 1 N–H and O–H groups in total. The van der Waals surface area contributed by atoms with Gasteiger partial charge in [0.15, 0.2) is 6.61 Å². The molecule has 6 nitrogen and oxygen atoms in total. The van der Waals surface area contributed by atoms with Gasteiger partial charge < -0.3 is 10.1 Å². The minimum absolute atomic E-state index is 0.192. The van der Waals surface area contributed by atoms with Crippen LogP contribution < -0.4 is 5.32 Å². The first-order valence-corrected chi connectivity index (χ1v) is 10.6. The number of nitrogens with one attached hydrogen (secondary N) is 1. The number of nitriles is 2. The lowest BCUT2D eigenvalue weighted by Gasteiger charge is -2.33. The number of anilines is 1. The normalized spacial score (nSPS) is 15.4. The van der Waals surface area contributed by atoms with Crippen LogP contribution in [0, 0.1) is 34.0 Å². The molecule has 2 aromatic rings. The molecular formula is C23H23N3O3S. The summed E-state index contributed by atoms with van der Waals surface area (Å²) in [5.41, 5.74) is 2.45. The predicted molar refractivity (Wildman–Crippen MR) is 114 cm³/mol. The van der Waals surface area contributed by atoms with Crippen LogP contribution in [0.4, 0.5) is 5.00 Å². The van der Waals surface area contributed by atoms with Crippen molar-refractivity contribution in [2.24, 2.45) is 11.3 Å². The third-order valence-electron chi connectivity index (χ3n) is 5.44. The largest absolute Gasteiger partial charge is 0.452 e. The monoisotopic (exact) mass is 421 g/mol. The average molecular weight is 422 g/mol. The molecule has 1 heterocycles. The average Bonchev–Trinajstić information content (AvgIpc) is 3.07. The topological polar surface area (TPSA) is 103 Å². The van der Waals surface area contributed by atoms with E-state index >= 15 is 0 Å². The maximum absolute atomic E-state index is 12.3. The third-order valence-corrected chi connectivity index (χ3v) is 6.61. The minimum Gasteiger partial charge on any atom is -0.452 e. The molecule has 0 saturated carbocycles. The highest BCUT2D eigenvalue weighted by atomic mass is 32.1. The third kappa shape index (κ3) is 4.69. The van der Waals surface area contributed by atoms with Crippen LogP contribution in [-0.2, 0) is 22.4 Å². The molecule has 7 heteroatoms. The second kappa shape index (κ2) is 8.69. The molecule has 0 spiro atoms. The Morgan fingerprint density at radius 2 is 1.90 bits per heavy atom. The lowest BCUT2D eigenvalue weighted by molar-refractivity contribution is -0.119. The smallest absolute Gasteiger partial charge is 0.338 e. The zero-order chi connectivity index (χ0) is 21.9. The number of thiophene rings is 1. The number of fused-ring (bicyclic) bond motifs is 1. The molecule has 0 fully saturated rings. The van der Waals surface area contributed by atoms with Crippen LogP contribution in [0.1, 0.15) is 59.1 Å². The highest BCUT2D eigenvalue weighted by Gasteiger charge is 2.32. The van der Waals surface area contributed by atoms with Gasteiger partial charge >= 0.3 is 5.97 Å². The van der Waals surface area contributed by atoms with Crippen molar-refractivity contribution in [2.75, 3.05) is 11.9 Å². The summed E-state index contributed by atoms with van der Waals surface area (Å²) in [7, 11) is 0. The summed E-state index contributed by atoms with van der Waals surface area (Å²) >= 11 is 1.44. The van der Waals surface area contributed by atoms with Crippen LogP contribution in [0.2, 0.25) is 0 Å². The van der Waals surface area contributed by atoms with Gasteiger partial charge in [0.25, 0.3) is 5.91 Å². The summed E-state index contributed by atoms with van der Waals surface area (Å²) in [6, 6.07) is 10.2. The lowest BCUT2D eigenvalue weighted by atomic mass is 9.72. The molecule has 154 valence electrons. The Bertz CT molecular complexity index is 1050. The van der Waals surface area contributed by atoms with E-state index in [4.69, 9.17) is 10.00 Å². The van der Waals surface area contributed by atoms with Gasteiger partial charge in [-0.05, 0) is 60.4 Å². The fourth-order valence-electron chi connectivity index (χ4n) is 3.59. The highest BCUT2D eigenvalue weighted by molar-refractivity contribution is 7.16. The zero-order valence-corrected chi connectivity index (χ0v) is 18.1. The summed E-state index contributed by atoms with van der Waals surface area (Å²) in [6.07, 6.45) is 2.76. The van der Waals surface area contributed by atoms with Gasteiger partial charge in [0.2, 0.25) is 0 Å². The SMILES string of the molecule is CC(C)(C)[C@@H]1CCc2c(sc(NC(=O)COC(=O)c3ccc(C#N)cc3)c2C#N)C1. The van der Waals surface area contributed by atoms with Gasteiger partial charge in [-0.3, -0.25) is 4.79 Å². The van der Waals surface area contributed by atoms with E-state index in [1.807, 2.05) is 6.07 Å². The molecular weight excluding hydrogens is 398 g/mol. The summed E-state index contributed by atoms with van der Waals surface area (Å²) in [6.45, 7) is 6.24. The molecule has 0 radical (unpaired) electrons. The van der Waals surface area contributed by atoms with Crippen LogP contribution in [0.15, 0.2) is 24.3 Å². The molecule has 1 aromatic heterocycles. The molecule has 1 aromatic carbocycles. The number of esters is 1. The Morgan fingerprint density at radius 1 is 1.20 bits per heavy atom. The lowest BCUT2D eigenvalue weighted by Crippen LogP contribution is -2.26. The number of hydrogen-bond donors (Lipinski definition) is 1.